The van der Waals surface area contributed by atoms with Crippen molar-refractivity contribution in [2.75, 3.05) is 13.7 Å². The number of nitrogens with zero attached hydrogens (tertiary/aromatic N) is 1. The standard InChI is InChI=1S/C21H25N3O5/c1-13(2)20(21(27)29-12-18(25)17(11-22)14(3)23)24-19(26)10-7-15-5-8-16(28-4)9-6-15/h5-10,13,17,20,23H,12H2,1-4H3,(H,24,26)/b10-7+,23-14?/t17-,20-/m0/s1. The van der Waals surface area contributed by atoms with Gasteiger partial charge in [0.05, 0.1) is 13.2 Å². The van der Waals surface area contributed by atoms with E-state index in [-0.39, 0.29) is 11.6 Å². The molecule has 0 radical (unpaired) electrons. The Bertz CT molecular complexity index is 822. The van der Waals surface area contributed by atoms with Gasteiger partial charge in [0.25, 0.3) is 0 Å². The Morgan fingerprint density at radius 1 is 1.24 bits per heavy atom. The van der Waals surface area contributed by atoms with Crippen molar-refractivity contribution in [1.82, 2.24) is 5.32 Å². The molecule has 1 aromatic rings. The smallest absolute Gasteiger partial charge is 0.329 e. The van der Waals surface area contributed by atoms with Crippen LogP contribution in [0, 0.1) is 28.6 Å². The Morgan fingerprint density at radius 3 is 2.34 bits per heavy atom. The second kappa shape index (κ2) is 11.4. The van der Waals surface area contributed by atoms with Crippen LogP contribution in [0.1, 0.15) is 26.3 Å². The molecule has 0 fully saturated rings. The molecular formula is C21H25N3O5. The molecule has 29 heavy (non-hydrogen) atoms. The molecule has 0 aliphatic carbocycles. The van der Waals surface area contributed by atoms with Crippen LogP contribution in [0.2, 0.25) is 0 Å². The minimum Gasteiger partial charge on any atom is -0.497 e. The van der Waals surface area contributed by atoms with Crippen molar-refractivity contribution in [2.24, 2.45) is 11.8 Å². The zero-order chi connectivity index (χ0) is 22.0. The lowest BCUT2D eigenvalue weighted by molar-refractivity contribution is -0.152. The van der Waals surface area contributed by atoms with Crippen LogP contribution < -0.4 is 10.1 Å². The van der Waals surface area contributed by atoms with E-state index in [1.54, 1.807) is 57.4 Å². The van der Waals surface area contributed by atoms with E-state index in [1.165, 1.54) is 13.0 Å². The summed E-state index contributed by atoms with van der Waals surface area (Å²) in [4.78, 5) is 36.4. The molecule has 8 nitrogen and oxygen atoms in total. The van der Waals surface area contributed by atoms with E-state index in [0.29, 0.717) is 5.75 Å². The maximum absolute atomic E-state index is 12.3. The highest BCUT2D eigenvalue weighted by Crippen LogP contribution is 2.12. The third-order valence-corrected chi connectivity index (χ3v) is 4.00. The number of ketones is 1. The number of amides is 1. The minimum atomic E-state index is -1.25. The van der Waals surface area contributed by atoms with Crippen LogP contribution in [0.3, 0.4) is 0 Å². The number of nitrogens with one attached hydrogen (secondary N) is 2. The summed E-state index contributed by atoms with van der Waals surface area (Å²) >= 11 is 0. The number of Topliss-reactive ketones (excluding diaryl/α,β-unsaturated/α-hetero) is 1. The molecular weight excluding hydrogens is 374 g/mol. The number of carbonyl (C=O) groups excluding carboxylic acids is 3. The SMILES string of the molecule is COc1ccc(/C=C/C(=O)N[C@H](C(=O)OCC(=O)[C@@H](C#N)C(C)=N)C(C)C)cc1. The number of hydrogen-bond donors (Lipinski definition) is 2. The van der Waals surface area contributed by atoms with Crippen molar-refractivity contribution in [3.8, 4) is 11.8 Å². The zero-order valence-electron chi connectivity index (χ0n) is 16.9. The normalized spacial score (nSPS) is 12.7. The molecule has 2 N–H and O–H groups in total. The van der Waals surface area contributed by atoms with Crippen molar-refractivity contribution in [3.63, 3.8) is 0 Å². The summed E-state index contributed by atoms with van der Waals surface area (Å²) in [5.74, 6) is -2.79. The molecule has 0 bridgehead atoms. The van der Waals surface area contributed by atoms with E-state index in [0.717, 1.165) is 5.56 Å². The quantitative estimate of drug-likeness (QED) is 0.352. The summed E-state index contributed by atoms with van der Waals surface area (Å²) in [6.45, 7) is 4.15. The van der Waals surface area contributed by atoms with Crippen LogP contribution in [0.4, 0.5) is 0 Å². The molecule has 1 rings (SSSR count). The molecule has 8 heteroatoms. The lowest BCUT2D eigenvalue weighted by Gasteiger charge is -2.20. The van der Waals surface area contributed by atoms with Gasteiger partial charge in [0.15, 0.2) is 12.4 Å². The number of benzene rings is 1. The molecule has 0 aromatic heterocycles. The van der Waals surface area contributed by atoms with Crippen molar-refractivity contribution in [2.45, 2.75) is 26.8 Å². The van der Waals surface area contributed by atoms with Gasteiger partial charge in [0, 0.05) is 11.8 Å². The Hall–Kier alpha value is -3.47. The minimum absolute atomic E-state index is 0.120. The maximum Gasteiger partial charge on any atom is 0.329 e. The summed E-state index contributed by atoms with van der Waals surface area (Å²) in [5, 5.41) is 18.9. The number of carbonyl (C=O) groups is 3. The highest BCUT2D eigenvalue weighted by Gasteiger charge is 2.27. The van der Waals surface area contributed by atoms with Gasteiger partial charge in [-0.15, -0.1) is 0 Å². The Balaban J connectivity index is 2.69. The van der Waals surface area contributed by atoms with E-state index in [1.807, 2.05) is 0 Å². The summed E-state index contributed by atoms with van der Waals surface area (Å²) in [6, 6.07) is 7.80. The summed E-state index contributed by atoms with van der Waals surface area (Å²) in [5.41, 5.74) is 0.658. The molecule has 154 valence electrons. The number of hydrogen-bond acceptors (Lipinski definition) is 7. The average molecular weight is 399 g/mol. The molecule has 0 aliphatic heterocycles. The fraction of sp³-hybridized carbons (Fsp3) is 0.381. The zero-order valence-corrected chi connectivity index (χ0v) is 16.9. The first-order chi connectivity index (χ1) is 13.7. The molecule has 0 saturated carbocycles. The molecule has 0 spiro atoms. The molecule has 0 saturated heterocycles. The van der Waals surface area contributed by atoms with Crippen LogP contribution in [0.15, 0.2) is 30.3 Å². The molecule has 1 aromatic carbocycles. The fourth-order valence-corrected chi connectivity index (χ4v) is 2.31. The summed E-state index contributed by atoms with van der Waals surface area (Å²) < 4.78 is 10.0. The molecule has 2 atom stereocenters. The summed E-state index contributed by atoms with van der Waals surface area (Å²) in [6.07, 6.45) is 2.88. The van der Waals surface area contributed by atoms with Crippen LogP contribution >= 0.6 is 0 Å². The van der Waals surface area contributed by atoms with Gasteiger partial charge in [0.1, 0.15) is 17.7 Å². The Kier molecular flexibility index (Phi) is 9.26. The van der Waals surface area contributed by atoms with Gasteiger partial charge in [-0.1, -0.05) is 26.0 Å². The molecule has 0 unspecified atom stereocenters. The monoisotopic (exact) mass is 399 g/mol. The number of esters is 1. The van der Waals surface area contributed by atoms with Crippen molar-refractivity contribution < 1.29 is 23.9 Å². The first-order valence-electron chi connectivity index (χ1n) is 8.96. The lowest BCUT2D eigenvalue weighted by atomic mass is 10.0. The van der Waals surface area contributed by atoms with Crippen molar-refractivity contribution in [3.05, 3.63) is 35.9 Å². The lowest BCUT2D eigenvalue weighted by Crippen LogP contribution is -2.45. The molecule has 0 heterocycles. The van der Waals surface area contributed by atoms with Gasteiger partial charge in [-0.3, -0.25) is 9.59 Å². The van der Waals surface area contributed by atoms with Crippen LogP contribution in [-0.4, -0.2) is 43.1 Å². The Labute approximate surface area is 170 Å². The number of ether oxygens (including phenoxy) is 2. The average Bonchev–Trinajstić information content (AvgIpc) is 2.69. The van der Waals surface area contributed by atoms with Crippen molar-refractivity contribution in [1.29, 1.82) is 10.7 Å². The number of nitriles is 1. The third-order valence-electron chi connectivity index (χ3n) is 4.00. The largest absolute Gasteiger partial charge is 0.497 e. The van der Waals surface area contributed by atoms with Crippen LogP contribution in [0.5, 0.6) is 5.75 Å². The second-order valence-electron chi connectivity index (χ2n) is 6.66. The second-order valence-corrected chi connectivity index (χ2v) is 6.66. The van der Waals surface area contributed by atoms with E-state index < -0.39 is 36.2 Å². The van der Waals surface area contributed by atoms with E-state index in [4.69, 9.17) is 20.1 Å². The van der Waals surface area contributed by atoms with Gasteiger partial charge in [0.2, 0.25) is 5.91 Å². The first kappa shape index (κ1) is 23.6. The van der Waals surface area contributed by atoms with Crippen LogP contribution in [0.25, 0.3) is 6.08 Å². The van der Waals surface area contributed by atoms with Crippen LogP contribution in [-0.2, 0) is 19.1 Å². The van der Waals surface area contributed by atoms with E-state index in [9.17, 15) is 14.4 Å². The van der Waals surface area contributed by atoms with Gasteiger partial charge in [-0.05, 0) is 36.6 Å². The predicted octanol–water partition coefficient (Wildman–Crippen LogP) is 2.14. The fourth-order valence-electron chi connectivity index (χ4n) is 2.31. The van der Waals surface area contributed by atoms with Gasteiger partial charge in [-0.25, -0.2) is 4.79 Å². The number of rotatable bonds is 10. The Morgan fingerprint density at radius 2 is 1.86 bits per heavy atom. The topological polar surface area (TPSA) is 129 Å². The van der Waals surface area contributed by atoms with Gasteiger partial charge >= 0.3 is 5.97 Å². The van der Waals surface area contributed by atoms with Gasteiger partial charge < -0.3 is 20.2 Å². The predicted molar refractivity (Wildman–Crippen MR) is 107 cm³/mol. The van der Waals surface area contributed by atoms with E-state index >= 15 is 0 Å². The highest BCUT2D eigenvalue weighted by atomic mass is 16.5. The van der Waals surface area contributed by atoms with E-state index in [2.05, 4.69) is 5.32 Å². The summed E-state index contributed by atoms with van der Waals surface area (Å²) in [7, 11) is 1.56. The molecule has 1 amide bonds. The number of methoxy groups -OCH3 is 1. The van der Waals surface area contributed by atoms with Gasteiger partial charge in [-0.2, -0.15) is 5.26 Å². The third kappa shape index (κ3) is 7.58. The van der Waals surface area contributed by atoms with Crippen molar-refractivity contribution >= 4 is 29.4 Å². The molecule has 0 aliphatic rings. The highest BCUT2D eigenvalue weighted by molar-refractivity contribution is 6.06. The first-order valence-corrected chi connectivity index (χ1v) is 8.96. The maximum atomic E-state index is 12.3.